The molecule has 0 atom stereocenters. The minimum absolute atomic E-state index is 0.0960. The highest BCUT2D eigenvalue weighted by Gasteiger charge is 2.51. The molecule has 4 aliphatic carbocycles. The van der Waals surface area contributed by atoms with Crippen LogP contribution >= 0.6 is 0 Å². The molecule has 1 amide bonds. The fourth-order valence-electron chi connectivity index (χ4n) is 7.11. The van der Waals surface area contributed by atoms with Crippen LogP contribution in [0.3, 0.4) is 0 Å². The average molecular weight is 417 g/mol. The first kappa shape index (κ1) is 19.6. The molecule has 1 aliphatic heterocycles. The number of rotatable bonds is 5. The Balaban J connectivity index is 1.15. The van der Waals surface area contributed by atoms with E-state index < -0.39 is 10.0 Å². The molecule has 1 aromatic carbocycles. The highest BCUT2D eigenvalue weighted by molar-refractivity contribution is 7.89. The maximum absolute atomic E-state index is 12.9. The molecular formula is C23H32N2O3S. The first-order valence-electron chi connectivity index (χ1n) is 11.3. The monoisotopic (exact) mass is 416 g/mol. The van der Waals surface area contributed by atoms with Gasteiger partial charge in [0.2, 0.25) is 15.9 Å². The van der Waals surface area contributed by atoms with E-state index in [9.17, 15) is 13.2 Å². The summed E-state index contributed by atoms with van der Waals surface area (Å²) in [7, 11) is -3.43. The number of nitrogens with zero attached hydrogens (tertiary/aromatic N) is 1. The summed E-state index contributed by atoms with van der Waals surface area (Å²) in [5, 5.41) is 3.25. The van der Waals surface area contributed by atoms with Crippen LogP contribution in [-0.2, 0) is 14.8 Å². The van der Waals surface area contributed by atoms with Crippen LogP contribution in [0.15, 0.2) is 35.2 Å². The van der Waals surface area contributed by atoms with Crippen LogP contribution in [0.2, 0.25) is 0 Å². The molecule has 1 N–H and O–H groups in total. The zero-order valence-electron chi connectivity index (χ0n) is 17.1. The average Bonchev–Trinajstić information content (AvgIpc) is 2.67. The molecule has 1 aromatic rings. The summed E-state index contributed by atoms with van der Waals surface area (Å²) in [6.45, 7) is 0.944. The predicted octanol–water partition coefficient (Wildman–Crippen LogP) is 3.56. The van der Waals surface area contributed by atoms with Gasteiger partial charge in [0.05, 0.1) is 4.90 Å². The van der Waals surface area contributed by atoms with Gasteiger partial charge in [-0.1, -0.05) is 18.2 Å². The van der Waals surface area contributed by atoms with Crippen molar-refractivity contribution >= 4 is 15.9 Å². The molecule has 1 heterocycles. The van der Waals surface area contributed by atoms with Crippen molar-refractivity contribution < 1.29 is 13.2 Å². The van der Waals surface area contributed by atoms with Crippen molar-refractivity contribution in [3.63, 3.8) is 0 Å². The quantitative estimate of drug-likeness (QED) is 0.798. The molecule has 0 radical (unpaired) electrons. The van der Waals surface area contributed by atoms with E-state index in [1.54, 1.807) is 28.6 Å². The minimum atomic E-state index is -3.43. The largest absolute Gasteiger partial charge is 0.353 e. The van der Waals surface area contributed by atoms with Crippen LogP contribution in [0, 0.1) is 23.2 Å². The van der Waals surface area contributed by atoms with Gasteiger partial charge in [-0.05, 0) is 86.7 Å². The van der Waals surface area contributed by atoms with Gasteiger partial charge < -0.3 is 5.32 Å². The van der Waals surface area contributed by atoms with Gasteiger partial charge in [-0.2, -0.15) is 4.31 Å². The van der Waals surface area contributed by atoms with Gasteiger partial charge >= 0.3 is 0 Å². The number of carbonyl (C=O) groups excluding carboxylic acids is 1. The molecule has 1 saturated heterocycles. The summed E-state index contributed by atoms with van der Waals surface area (Å²) < 4.78 is 27.1. The number of piperidine rings is 1. The molecule has 158 valence electrons. The molecule has 6 heteroatoms. The Morgan fingerprint density at radius 1 is 0.966 bits per heavy atom. The maximum atomic E-state index is 12.9. The van der Waals surface area contributed by atoms with E-state index in [1.165, 1.54) is 38.5 Å². The number of amides is 1. The van der Waals surface area contributed by atoms with Crippen LogP contribution < -0.4 is 5.32 Å². The van der Waals surface area contributed by atoms with Crippen LogP contribution in [0.1, 0.15) is 57.8 Å². The zero-order valence-corrected chi connectivity index (χ0v) is 17.9. The summed E-state index contributed by atoms with van der Waals surface area (Å²) >= 11 is 0. The van der Waals surface area contributed by atoms with E-state index in [2.05, 4.69) is 5.32 Å². The second kappa shape index (κ2) is 7.38. The Hall–Kier alpha value is -1.40. The molecule has 5 nitrogen and oxygen atoms in total. The Kier molecular flexibility index (Phi) is 4.98. The molecular weight excluding hydrogens is 384 g/mol. The smallest absolute Gasteiger partial charge is 0.243 e. The topological polar surface area (TPSA) is 66.5 Å². The van der Waals surface area contributed by atoms with Gasteiger partial charge in [0.15, 0.2) is 0 Å². The summed E-state index contributed by atoms with van der Waals surface area (Å²) in [6, 6.07) is 8.72. The SMILES string of the molecule is O=C(CC12CC3CC(CC(C3)C1)C2)NC1CCN(S(=O)(=O)c2ccccc2)CC1. The number of hydrogen-bond donors (Lipinski definition) is 1. The molecule has 0 spiro atoms. The third-order valence-electron chi connectivity index (χ3n) is 7.90. The summed E-state index contributed by atoms with van der Waals surface area (Å²) in [5.74, 6) is 2.78. The molecule has 4 saturated carbocycles. The third-order valence-corrected chi connectivity index (χ3v) is 9.81. The zero-order chi connectivity index (χ0) is 20.1. The lowest BCUT2D eigenvalue weighted by atomic mass is 9.49. The van der Waals surface area contributed by atoms with Crippen molar-refractivity contribution in [1.29, 1.82) is 0 Å². The van der Waals surface area contributed by atoms with E-state index in [-0.39, 0.29) is 17.4 Å². The van der Waals surface area contributed by atoms with Crippen molar-refractivity contribution in [2.24, 2.45) is 23.2 Å². The number of sulfonamides is 1. The summed E-state index contributed by atoms with van der Waals surface area (Å²) in [5.41, 5.74) is 0.260. The second-order valence-electron chi connectivity index (χ2n) is 10.2. The molecule has 5 aliphatic rings. The van der Waals surface area contributed by atoms with E-state index in [0.29, 0.717) is 37.2 Å². The summed E-state index contributed by atoms with van der Waals surface area (Å²) in [4.78, 5) is 13.2. The van der Waals surface area contributed by atoms with Gasteiger partial charge in [0.25, 0.3) is 0 Å². The van der Waals surface area contributed by atoms with Crippen molar-refractivity contribution in [1.82, 2.24) is 9.62 Å². The molecule has 29 heavy (non-hydrogen) atoms. The normalized spacial score (nSPS) is 35.0. The second-order valence-corrected chi connectivity index (χ2v) is 12.1. The Labute approximate surface area is 174 Å². The standard InChI is InChI=1S/C23H32N2O3S/c26-22(16-23-13-17-10-18(14-23)12-19(11-17)15-23)24-20-6-8-25(9-7-20)29(27,28)21-4-2-1-3-5-21/h1-5,17-20H,6-16H2,(H,24,26). The fourth-order valence-corrected chi connectivity index (χ4v) is 8.60. The Morgan fingerprint density at radius 3 is 2.07 bits per heavy atom. The number of nitrogens with one attached hydrogen (secondary N) is 1. The minimum Gasteiger partial charge on any atom is -0.353 e. The van der Waals surface area contributed by atoms with Gasteiger partial charge in [0, 0.05) is 25.6 Å². The highest BCUT2D eigenvalue weighted by atomic mass is 32.2. The van der Waals surface area contributed by atoms with E-state index >= 15 is 0 Å². The van der Waals surface area contributed by atoms with Crippen LogP contribution in [-0.4, -0.2) is 37.8 Å². The van der Waals surface area contributed by atoms with Crippen LogP contribution in [0.5, 0.6) is 0 Å². The lowest BCUT2D eigenvalue weighted by Gasteiger charge is -2.56. The van der Waals surface area contributed by atoms with Gasteiger partial charge in [-0.25, -0.2) is 8.42 Å². The molecule has 4 bridgehead atoms. The third kappa shape index (κ3) is 3.86. The Bertz CT molecular complexity index is 824. The van der Waals surface area contributed by atoms with Gasteiger partial charge in [-0.15, -0.1) is 0 Å². The van der Waals surface area contributed by atoms with Crippen molar-refractivity contribution in [3.05, 3.63) is 30.3 Å². The lowest BCUT2D eigenvalue weighted by Crippen LogP contribution is -2.50. The van der Waals surface area contributed by atoms with E-state index in [4.69, 9.17) is 0 Å². The van der Waals surface area contributed by atoms with Gasteiger partial charge in [-0.3, -0.25) is 4.79 Å². The first-order chi connectivity index (χ1) is 13.9. The molecule has 0 aromatic heterocycles. The molecule has 0 unspecified atom stereocenters. The predicted molar refractivity (Wildman–Crippen MR) is 112 cm³/mol. The van der Waals surface area contributed by atoms with E-state index in [0.717, 1.165) is 17.8 Å². The number of carbonyl (C=O) groups is 1. The number of hydrogen-bond acceptors (Lipinski definition) is 3. The van der Waals surface area contributed by atoms with E-state index in [1.807, 2.05) is 6.07 Å². The highest BCUT2D eigenvalue weighted by Crippen LogP contribution is 2.61. The van der Waals surface area contributed by atoms with Gasteiger partial charge in [0.1, 0.15) is 0 Å². The maximum Gasteiger partial charge on any atom is 0.243 e. The molecule has 5 fully saturated rings. The first-order valence-corrected chi connectivity index (χ1v) is 12.7. The molecule has 6 rings (SSSR count). The summed E-state index contributed by atoms with van der Waals surface area (Å²) in [6.07, 6.45) is 10.0. The number of benzene rings is 1. The van der Waals surface area contributed by atoms with Crippen LogP contribution in [0.25, 0.3) is 0 Å². The lowest BCUT2D eigenvalue weighted by molar-refractivity contribution is -0.130. The fraction of sp³-hybridized carbons (Fsp3) is 0.696. The van der Waals surface area contributed by atoms with Crippen molar-refractivity contribution in [2.45, 2.75) is 68.7 Å². The van der Waals surface area contributed by atoms with Crippen molar-refractivity contribution in [3.8, 4) is 0 Å². The van der Waals surface area contributed by atoms with Crippen LogP contribution in [0.4, 0.5) is 0 Å². The Morgan fingerprint density at radius 2 is 1.52 bits per heavy atom. The van der Waals surface area contributed by atoms with Crippen molar-refractivity contribution in [2.75, 3.05) is 13.1 Å².